The Kier molecular flexibility index (Phi) is 5.11. The predicted octanol–water partition coefficient (Wildman–Crippen LogP) is 2.55. The summed E-state index contributed by atoms with van der Waals surface area (Å²) in [5.74, 6) is -0.583. The van der Waals surface area contributed by atoms with Gasteiger partial charge in [0, 0.05) is 31.6 Å². The van der Waals surface area contributed by atoms with Gasteiger partial charge in [0.05, 0.1) is 24.4 Å². The smallest absolute Gasteiger partial charge is 0.220 e. The first kappa shape index (κ1) is 17.1. The number of nitrogens with one attached hydrogen (secondary N) is 1. The fourth-order valence-electron chi connectivity index (χ4n) is 2.92. The molecule has 25 heavy (non-hydrogen) atoms. The molecule has 0 radical (unpaired) electrons. The van der Waals surface area contributed by atoms with Crippen LogP contribution in [0.2, 0.25) is 0 Å². The van der Waals surface area contributed by atoms with Crippen molar-refractivity contribution < 1.29 is 18.7 Å². The van der Waals surface area contributed by atoms with E-state index in [2.05, 4.69) is 10.4 Å². The number of benzene rings is 1. The van der Waals surface area contributed by atoms with Crippen molar-refractivity contribution in [2.75, 3.05) is 6.61 Å². The summed E-state index contributed by atoms with van der Waals surface area (Å²) in [4.78, 5) is 24.3. The van der Waals surface area contributed by atoms with E-state index in [0.717, 1.165) is 0 Å². The minimum absolute atomic E-state index is 0.0791. The van der Waals surface area contributed by atoms with E-state index in [1.165, 1.54) is 12.3 Å². The number of amides is 1. The molecular weight excluding hydrogens is 325 g/mol. The highest BCUT2D eigenvalue weighted by Gasteiger charge is 2.24. The van der Waals surface area contributed by atoms with E-state index in [1.54, 1.807) is 30.1 Å². The lowest BCUT2D eigenvalue weighted by Gasteiger charge is -2.18. The van der Waals surface area contributed by atoms with Crippen molar-refractivity contribution in [3.8, 4) is 5.75 Å². The molecule has 1 aromatic carbocycles. The molecule has 1 N–H and O–H groups in total. The van der Waals surface area contributed by atoms with Gasteiger partial charge in [-0.1, -0.05) is 12.1 Å². The molecule has 132 valence electrons. The molecule has 1 aromatic heterocycles. The molecule has 3 rings (SSSR count). The maximum Gasteiger partial charge on any atom is 0.220 e. The van der Waals surface area contributed by atoms with Crippen LogP contribution >= 0.6 is 0 Å². The number of hydrogen-bond donors (Lipinski definition) is 1. The fourth-order valence-corrected chi connectivity index (χ4v) is 2.92. The summed E-state index contributed by atoms with van der Waals surface area (Å²) in [6.45, 7) is 0.416. The number of nitrogens with zero attached hydrogens (tertiary/aromatic N) is 2. The molecule has 0 bridgehead atoms. The van der Waals surface area contributed by atoms with E-state index in [1.807, 2.05) is 0 Å². The van der Waals surface area contributed by atoms with Gasteiger partial charge in [0.15, 0.2) is 17.3 Å². The van der Waals surface area contributed by atoms with Crippen LogP contribution in [0.3, 0.4) is 0 Å². The number of halogens is 1. The Morgan fingerprint density at radius 3 is 3.00 bits per heavy atom. The van der Waals surface area contributed by atoms with Gasteiger partial charge in [-0.3, -0.25) is 14.3 Å². The van der Waals surface area contributed by atoms with Crippen LogP contribution in [-0.4, -0.2) is 28.1 Å². The first-order valence-electron chi connectivity index (χ1n) is 8.27. The van der Waals surface area contributed by atoms with Crippen molar-refractivity contribution in [1.29, 1.82) is 0 Å². The lowest BCUT2D eigenvalue weighted by molar-refractivity contribution is -0.121. The van der Waals surface area contributed by atoms with Gasteiger partial charge >= 0.3 is 0 Å². The molecule has 1 atom stereocenters. The van der Waals surface area contributed by atoms with E-state index < -0.39 is 5.82 Å². The van der Waals surface area contributed by atoms with Crippen molar-refractivity contribution >= 4 is 11.7 Å². The zero-order valence-corrected chi connectivity index (χ0v) is 14.0. The molecule has 1 unspecified atom stereocenters. The highest BCUT2D eigenvalue weighted by atomic mass is 19.1. The van der Waals surface area contributed by atoms with Gasteiger partial charge in [-0.05, 0) is 18.9 Å². The molecule has 1 aliphatic heterocycles. The number of fused-ring (bicyclic) bond motifs is 1. The van der Waals surface area contributed by atoms with Crippen molar-refractivity contribution in [1.82, 2.24) is 15.1 Å². The molecule has 7 heteroatoms. The molecule has 0 saturated carbocycles. The van der Waals surface area contributed by atoms with Gasteiger partial charge in [0.2, 0.25) is 5.91 Å². The van der Waals surface area contributed by atoms with E-state index in [9.17, 15) is 14.0 Å². The van der Waals surface area contributed by atoms with Gasteiger partial charge < -0.3 is 10.1 Å². The number of aromatic nitrogens is 2. The van der Waals surface area contributed by atoms with Crippen LogP contribution in [0.15, 0.2) is 30.6 Å². The van der Waals surface area contributed by atoms with E-state index >= 15 is 0 Å². The second kappa shape index (κ2) is 7.46. The monoisotopic (exact) mass is 345 g/mol. The largest absolute Gasteiger partial charge is 0.490 e. The van der Waals surface area contributed by atoms with E-state index in [4.69, 9.17) is 4.74 Å². The molecule has 2 heterocycles. The first-order chi connectivity index (χ1) is 12.0. The number of carbonyl (C=O) groups excluding carboxylic acids is 2. The van der Waals surface area contributed by atoms with Crippen LogP contribution in [0.5, 0.6) is 5.75 Å². The van der Waals surface area contributed by atoms with Gasteiger partial charge in [-0.2, -0.15) is 5.10 Å². The van der Waals surface area contributed by atoms with Crippen molar-refractivity contribution in [2.45, 2.75) is 31.7 Å². The number of para-hydroxylation sites is 1. The summed E-state index contributed by atoms with van der Waals surface area (Å²) >= 11 is 0. The summed E-state index contributed by atoms with van der Waals surface area (Å²) in [6, 6.07) is 4.40. The van der Waals surface area contributed by atoms with Crippen molar-refractivity contribution in [3.63, 3.8) is 0 Å². The molecule has 0 aliphatic carbocycles. The molecule has 2 aromatic rings. The van der Waals surface area contributed by atoms with E-state index in [-0.39, 0.29) is 36.3 Å². The standard InChI is InChI=1S/C18H20FN3O3/c1-22-11-12(10-20-22)16(23)7-8-17(24)21-15-6-3-9-25-18-13(15)4-2-5-14(18)19/h2,4-5,10-11,15H,3,6-9H2,1H3,(H,21,24). The number of rotatable bonds is 5. The molecule has 0 fully saturated rings. The van der Waals surface area contributed by atoms with Gasteiger partial charge in [0.25, 0.3) is 0 Å². The third kappa shape index (κ3) is 4.04. The van der Waals surface area contributed by atoms with Gasteiger partial charge in [-0.15, -0.1) is 0 Å². The Balaban J connectivity index is 1.61. The number of aryl methyl sites for hydroxylation is 1. The van der Waals surface area contributed by atoms with E-state index in [0.29, 0.717) is 30.6 Å². The maximum atomic E-state index is 13.9. The van der Waals surface area contributed by atoms with Crippen molar-refractivity contribution in [3.05, 3.63) is 47.5 Å². The lowest BCUT2D eigenvalue weighted by atomic mass is 10.0. The number of carbonyl (C=O) groups is 2. The predicted molar refractivity (Wildman–Crippen MR) is 88.8 cm³/mol. The minimum atomic E-state index is -0.426. The summed E-state index contributed by atoms with van der Waals surface area (Å²) in [5, 5.41) is 6.84. The quantitative estimate of drug-likeness (QED) is 0.845. The first-order valence-corrected chi connectivity index (χ1v) is 8.27. The average Bonchev–Trinajstić information content (AvgIpc) is 2.92. The Morgan fingerprint density at radius 2 is 2.24 bits per heavy atom. The Bertz CT molecular complexity index is 788. The second-order valence-electron chi connectivity index (χ2n) is 6.09. The number of Topliss-reactive ketones (excluding diaryl/α,β-unsaturated/α-hetero) is 1. The second-order valence-corrected chi connectivity index (χ2v) is 6.09. The van der Waals surface area contributed by atoms with Crippen LogP contribution in [0.1, 0.15) is 47.6 Å². The normalized spacial score (nSPS) is 16.5. The molecular formula is C18H20FN3O3. The number of hydrogen-bond acceptors (Lipinski definition) is 4. The molecule has 6 nitrogen and oxygen atoms in total. The SMILES string of the molecule is Cn1cc(C(=O)CCC(=O)NC2CCCOc3c(F)cccc32)cn1. The molecule has 1 aliphatic rings. The van der Waals surface area contributed by atoms with Crippen LogP contribution in [0.25, 0.3) is 0 Å². The highest BCUT2D eigenvalue weighted by molar-refractivity contribution is 5.97. The molecule has 0 spiro atoms. The number of ketones is 1. The summed E-state index contributed by atoms with van der Waals surface area (Å²) in [6.07, 6.45) is 4.68. The highest BCUT2D eigenvalue weighted by Crippen LogP contribution is 2.33. The summed E-state index contributed by atoms with van der Waals surface area (Å²) in [5.41, 5.74) is 1.13. The lowest BCUT2D eigenvalue weighted by Crippen LogP contribution is -2.28. The average molecular weight is 345 g/mol. The van der Waals surface area contributed by atoms with Crippen LogP contribution in [-0.2, 0) is 11.8 Å². The summed E-state index contributed by atoms with van der Waals surface area (Å²) in [7, 11) is 1.73. The Labute approximate surface area is 145 Å². The molecule has 0 saturated heterocycles. The van der Waals surface area contributed by atoms with Crippen LogP contribution in [0, 0.1) is 5.82 Å². The topological polar surface area (TPSA) is 73.2 Å². The zero-order valence-electron chi connectivity index (χ0n) is 14.0. The Hall–Kier alpha value is -2.70. The third-order valence-electron chi connectivity index (χ3n) is 4.20. The Morgan fingerprint density at radius 1 is 1.40 bits per heavy atom. The fraction of sp³-hybridized carbons (Fsp3) is 0.389. The van der Waals surface area contributed by atoms with Gasteiger partial charge in [0.1, 0.15) is 0 Å². The van der Waals surface area contributed by atoms with Crippen molar-refractivity contribution in [2.24, 2.45) is 7.05 Å². The number of ether oxygens (including phenoxy) is 1. The molecule has 1 amide bonds. The van der Waals surface area contributed by atoms with Crippen LogP contribution < -0.4 is 10.1 Å². The van der Waals surface area contributed by atoms with Crippen LogP contribution in [0.4, 0.5) is 4.39 Å². The third-order valence-corrected chi connectivity index (χ3v) is 4.20. The maximum absolute atomic E-state index is 13.9. The minimum Gasteiger partial charge on any atom is -0.490 e. The van der Waals surface area contributed by atoms with Gasteiger partial charge in [-0.25, -0.2) is 4.39 Å². The summed E-state index contributed by atoms with van der Waals surface area (Å²) < 4.78 is 20.9. The zero-order chi connectivity index (χ0) is 17.8.